The van der Waals surface area contributed by atoms with Gasteiger partial charge < -0.3 is 14.6 Å². The summed E-state index contributed by atoms with van der Waals surface area (Å²) in [5.74, 6) is 6.89. The fourth-order valence-electron chi connectivity index (χ4n) is 1.65. The fraction of sp³-hybridized carbons (Fsp3) is 0.176. The quantitative estimate of drug-likeness (QED) is 0.681. The molecular weight excluding hydrogens is 288 g/mol. The summed E-state index contributed by atoms with van der Waals surface area (Å²) < 4.78 is 11.1. The number of rotatable bonds is 5. The zero-order valence-corrected chi connectivity index (χ0v) is 12.1. The van der Waals surface area contributed by atoms with Gasteiger partial charge in [0.05, 0.1) is 0 Å². The second-order valence-electron chi connectivity index (χ2n) is 4.14. The minimum atomic E-state index is -0.140. The highest BCUT2D eigenvalue weighted by Gasteiger charge is 1.97. The molecule has 0 heterocycles. The summed E-state index contributed by atoms with van der Waals surface area (Å²) in [7, 11) is 0. The Bertz CT molecular complexity index is 626. The molecule has 0 aromatic heterocycles. The van der Waals surface area contributed by atoms with Gasteiger partial charge in [-0.1, -0.05) is 29.5 Å². The summed E-state index contributed by atoms with van der Waals surface area (Å²) in [6.45, 7) is 0.736. The molecule has 0 amide bonds. The summed E-state index contributed by atoms with van der Waals surface area (Å²) in [5, 5.41) is 9.26. The molecule has 0 saturated heterocycles. The third-order valence-corrected chi connectivity index (χ3v) is 2.82. The summed E-state index contributed by atoms with van der Waals surface area (Å²) in [5.41, 5.74) is 0.839. The fourth-order valence-corrected chi connectivity index (χ4v) is 1.83. The third kappa shape index (κ3) is 5.39. The smallest absolute Gasteiger partial charge is 0.122 e. The molecule has 0 aliphatic heterocycles. The average Bonchev–Trinajstić information content (AvgIpc) is 2.51. The normalized spacial score (nSPS) is 9.62. The number of benzene rings is 2. The summed E-state index contributed by atoms with van der Waals surface area (Å²) in [4.78, 5) is 0. The molecule has 2 rings (SSSR count). The number of ether oxygens (including phenoxy) is 2. The van der Waals surface area contributed by atoms with Crippen molar-refractivity contribution < 1.29 is 14.6 Å². The molecular formula is C17H15ClO3. The van der Waals surface area contributed by atoms with Crippen molar-refractivity contribution in [1.29, 1.82) is 0 Å². The second-order valence-corrected chi connectivity index (χ2v) is 4.58. The van der Waals surface area contributed by atoms with Gasteiger partial charge in [0.2, 0.25) is 0 Å². The maximum Gasteiger partial charge on any atom is 0.122 e. The van der Waals surface area contributed by atoms with E-state index in [1.807, 2.05) is 36.4 Å². The molecule has 0 saturated carbocycles. The van der Waals surface area contributed by atoms with E-state index >= 15 is 0 Å². The third-order valence-electron chi connectivity index (χ3n) is 2.58. The molecule has 0 unspecified atom stereocenters. The molecule has 0 bridgehead atoms. The van der Waals surface area contributed by atoms with E-state index in [4.69, 9.17) is 26.2 Å². The standard InChI is InChI=1S/C17H15ClO3/c18-15-4-1-5-17(13-15)21-12-11-20-16-8-6-14(7-9-16)3-2-10-19/h1,4-9,13,19H,10-12H2. The van der Waals surface area contributed by atoms with Crippen LogP contribution in [0.3, 0.4) is 0 Å². The van der Waals surface area contributed by atoms with Crippen molar-refractivity contribution in [2.24, 2.45) is 0 Å². The van der Waals surface area contributed by atoms with Gasteiger partial charge in [-0.15, -0.1) is 0 Å². The molecule has 0 aliphatic carbocycles. The van der Waals surface area contributed by atoms with Gasteiger partial charge >= 0.3 is 0 Å². The minimum absolute atomic E-state index is 0.140. The Labute approximate surface area is 129 Å². The van der Waals surface area contributed by atoms with Crippen molar-refractivity contribution >= 4 is 11.6 Å². The minimum Gasteiger partial charge on any atom is -0.490 e. The molecule has 21 heavy (non-hydrogen) atoms. The van der Waals surface area contributed by atoms with Crippen molar-refractivity contribution in [2.75, 3.05) is 19.8 Å². The largest absolute Gasteiger partial charge is 0.490 e. The van der Waals surface area contributed by atoms with Gasteiger partial charge in [0.15, 0.2) is 0 Å². The van der Waals surface area contributed by atoms with Crippen LogP contribution in [0.4, 0.5) is 0 Å². The maximum absolute atomic E-state index is 8.62. The van der Waals surface area contributed by atoms with E-state index in [1.165, 1.54) is 0 Å². The van der Waals surface area contributed by atoms with E-state index in [9.17, 15) is 0 Å². The molecule has 0 aliphatic rings. The maximum atomic E-state index is 8.62. The Kier molecular flexibility index (Phi) is 5.96. The van der Waals surface area contributed by atoms with E-state index < -0.39 is 0 Å². The lowest BCUT2D eigenvalue weighted by Crippen LogP contribution is -2.08. The molecule has 0 fully saturated rings. The van der Waals surface area contributed by atoms with Gasteiger partial charge in [-0.05, 0) is 42.5 Å². The summed E-state index contributed by atoms with van der Waals surface area (Å²) >= 11 is 5.87. The monoisotopic (exact) mass is 302 g/mol. The van der Waals surface area contributed by atoms with E-state index in [2.05, 4.69) is 11.8 Å². The van der Waals surface area contributed by atoms with Crippen LogP contribution in [0, 0.1) is 11.8 Å². The van der Waals surface area contributed by atoms with Crippen molar-refractivity contribution in [3.63, 3.8) is 0 Å². The molecule has 0 spiro atoms. The number of hydrogen-bond donors (Lipinski definition) is 1. The van der Waals surface area contributed by atoms with Gasteiger partial charge in [-0.2, -0.15) is 0 Å². The highest BCUT2D eigenvalue weighted by Crippen LogP contribution is 2.17. The zero-order valence-electron chi connectivity index (χ0n) is 11.4. The van der Waals surface area contributed by atoms with Gasteiger partial charge in [-0.25, -0.2) is 0 Å². The summed E-state index contributed by atoms with van der Waals surface area (Å²) in [6, 6.07) is 14.6. The van der Waals surface area contributed by atoms with Crippen molar-refractivity contribution in [3.05, 3.63) is 59.1 Å². The predicted molar refractivity (Wildman–Crippen MR) is 82.8 cm³/mol. The first-order chi connectivity index (χ1) is 10.3. The lowest BCUT2D eigenvalue weighted by atomic mass is 10.2. The van der Waals surface area contributed by atoms with Crippen molar-refractivity contribution in [3.8, 4) is 23.3 Å². The first-order valence-corrected chi connectivity index (χ1v) is 6.87. The Balaban J connectivity index is 1.76. The number of aliphatic hydroxyl groups excluding tert-OH is 1. The molecule has 4 heteroatoms. The highest BCUT2D eigenvalue weighted by molar-refractivity contribution is 6.30. The Morgan fingerprint density at radius 3 is 2.33 bits per heavy atom. The van der Waals surface area contributed by atoms with Crippen LogP contribution in [0.15, 0.2) is 48.5 Å². The molecule has 1 N–H and O–H groups in total. The lowest BCUT2D eigenvalue weighted by Gasteiger charge is -2.08. The first-order valence-electron chi connectivity index (χ1n) is 6.49. The van der Waals surface area contributed by atoms with Gasteiger partial charge in [0.1, 0.15) is 31.3 Å². The number of halogens is 1. The Morgan fingerprint density at radius 1 is 0.952 bits per heavy atom. The lowest BCUT2D eigenvalue weighted by molar-refractivity contribution is 0.217. The van der Waals surface area contributed by atoms with Gasteiger partial charge in [-0.3, -0.25) is 0 Å². The van der Waals surface area contributed by atoms with E-state index in [1.54, 1.807) is 12.1 Å². The van der Waals surface area contributed by atoms with E-state index in [0.717, 1.165) is 17.1 Å². The number of hydrogen-bond acceptors (Lipinski definition) is 3. The van der Waals surface area contributed by atoms with Crippen LogP contribution in [0.5, 0.6) is 11.5 Å². The predicted octanol–water partition coefficient (Wildman–Crippen LogP) is 3.14. The topological polar surface area (TPSA) is 38.7 Å². The average molecular weight is 303 g/mol. The SMILES string of the molecule is OCC#Cc1ccc(OCCOc2cccc(Cl)c2)cc1. The summed E-state index contributed by atoms with van der Waals surface area (Å²) in [6.07, 6.45) is 0. The van der Waals surface area contributed by atoms with Crippen LogP contribution in [0.1, 0.15) is 5.56 Å². The Morgan fingerprint density at radius 2 is 1.67 bits per heavy atom. The van der Waals surface area contributed by atoms with Crippen LogP contribution >= 0.6 is 11.6 Å². The molecule has 0 radical (unpaired) electrons. The molecule has 2 aromatic rings. The second kappa shape index (κ2) is 8.21. The molecule has 108 valence electrons. The van der Waals surface area contributed by atoms with Crippen LogP contribution in [-0.2, 0) is 0 Å². The van der Waals surface area contributed by atoms with Crippen LogP contribution in [0.25, 0.3) is 0 Å². The van der Waals surface area contributed by atoms with Crippen molar-refractivity contribution in [1.82, 2.24) is 0 Å². The zero-order chi connectivity index (χ0) is 14.9. The first kappa shape index (κ1) is 15.2. The van der Waals surface area contributed by atoms with Crippen molar-refractivity contribution in [2.45, 2.75) is 0 Å². The molecule has 3 nitrogen and oxygen atoms in total. The molecule has 0 atom stereocenters. The van der Waals surface area contributed by atoms with Crippen LogP contribution < -0.4 is 9.47 Å². The van der Waals surface area contributed by atoms with Crippen LogP contribution in [-0.4, -0.2) is 24.9 Å². The van der Waals surface area contributed by atoms with E-state index in [-0.39, 0.29) is 6.61 Å². The number of aliphatic hydroxyl groups is 1. The Hall–Kier alpha value is -2.15. The highest BCUT2D eigenvalue weighted by atomic mass is 35.5. The molecule has 2 aromatic carbocycles. The van der Waals surface area contributed by atoms with Gasteiger partial charge in [0, 0.05) is 10.6 Å². The van der Waals surface area contributed by atoms with Gasteiger partial charge in [0.25, 0.3) is 0 Å². The van der Waals surface area contributed by atoms with Crippen LogP contribution in [0.2, 0.25) is 5.02 Å². The van der Waals surface area contributed by atoms with E-state index in [0.29, 0.717) is 18.2 Å².